The maximum Gasteiger partial charge on any atom is 0.150 e. The zero-order valence-electron chi connectivity index (χ0n) is 18.2. The molecule has 0 aliphatic heterocycles. The Balaban J connectivity index is 1.75. The molecule has 32 heavy (non-hydrogen) atoms. The van der Waals surface area contributed by atoms with Crippen LogP contribution in [-0.4, -0.2) is 12.6 Å². The number of hydrogen-bond donors (Lipinski definition) is 0. The molecule has 0 saturated carbocycles. The van der Waals surface area contributed by atoms with E-state index in [1.54, 1.807) is 0 Å². The highest BCUT2D eigenvalue weighted by atomic mass is 16.1. The Labute approximate surface area is 188 Å². The average molecular weight is 417 g/mol. The second-order valence-corrected chi connectivity index (χ2v) is 7.96. The summed E-state index contributed by atoms with van der Waals surface area (Å²) in [4.78, 5) is 22.0. The van der Waals surface area contributed by atoms with Crippen molar-refractivity contribution in [1.29, 1.82) is 0 Å². The van der Waals surface area contributed by atoms with E-state index in [9.17, 15) is 9.59 Å². The van der Waals surface area contributed by atoms with Gasteiger partial charge in [-0.25, -0.2) is 0 Å². The molecule has 0 aliphatic carbocycles. The first-order chi connectivity index (χ1) is 15.6. The van der Waals surface area contributed by atoms with E-state index in [2.05, 4.69) is 48.6 Å². The van der Waals surface area contributed by atoms with Crippen LogP contribution in [0.5, 0.6) is 0 Å². The molecule has 0 aromatic heterocycles. The van der Waals surface area contributed by atoms with E-state index >= 15 is 0 Å². The second-order valence-electron chi connectivity index (χ2n) is 7.96. The van der Waals surface area contributed by atoms with Crippen molar-refractivity contribution in [1.82, 2.24) is 0 Å². The van der Waals surface area contributed by atoms with Crippen molar-refractivity contribution < 1.29 is 9.59 Å². The normalized spacial score (nSPS) is 11.4. The minimum Gasteiger partial charge on any atom is -0.298 e. The average Bonchev–Trinajstić information content (AvgIpc) is 2.82. The maximum atomic E-state index is 11.0. The van der Waals surface area contributed by atoms with E-state index in [-0.39, 0.29) is 0 Å². The van der Waals surface area contributed by atoms with Gasteiger partial charge in [-0.1, -0.05) is 72.8 Å². The molecule has 4 rings (SSSR count). The van der Waals surface area contributed by atoms with Crippen LogP contribution in [0, 0.1) is 13.8 Å². The molecule has 0 amide bonds. The lowest BCUT2D eigenvalue weighted by molar-refractivity contribution is 0.111. The summed E-state index contributed by atoms with van der Waals surface area (Å²) in [5.74, 6) is 0. The highest BCUT2D eigenvalue weighted by Gasteiger charge is 2.03. The Hall–Kier alpha value is -4.04. The first-order valence-corrected chi connectivity index (χ1v) is 10.6. The molecule has 4 aromatic carbocycles. The van der Waals surface area contributed by atoms with Crippen molar-refractivity contribution in [2.75, 3.05) is 0 Å². The third-order valence-electron chi connectivity index (χ3n) is 5.70. The molecule has 0 saturated heterocycles. The predicted octanol–water partition coefficient (Wildman–Crippen LogP) is 7.42. The smallest absolute Gasteiger partial charge is 0.150 e. The van der Waals surface area contributed by atoms with Gasteiger partial charge in [-0.05, 0) is 82.3 Å². The molecule has 0 fully saturated rings. The molecular formula is C30H24O2. The number of fused-ring (bicyclic) bond motifs is 1. The number of hydrogen-bond acceptors (Lipinski definition) is 2. The summed E-state index contributed by atoms with van der Waals surface area (Å²) >= 11 is 0. The zero-order chi connectivity index (χ0) is 22.5. The van der Waals surface area contributed by atoms with Crippen molar-refractivity contribution in [3.05, 3.63) is 117 Å². The topological polar surface area (TPSA) is 34.1 Å². The second kappa shape index (κ2) is 9.40. The van der Waals surface area contributed by atoms with Gasteiger partial charge in [0.05, 0.1) is 0 Å². The molecule has 0 bridgehead atoms. The van der Waals surface area contributed by atoms with Gasteiger partial charge in [0.1, 0.15) is 12.6 Å². The van der Waals surface area contributed by atoms with Crippen LogP contribution < -0.4 is 0 Å². The van der Waals surface area contributed by atoms with Crippen molar-refractivity contribution >= 4 is 47.6 Å². The lowest BCUT2D eigenvalue weighted by Crippen LogP contribution is -1.87. The van der Waals surface area contributed by atoms with Gasteiger partial charge in [0.15, 0.2) is 0 Å². The molecule has 0 radical (unpaired) electrons. The van der Waals surface area contributed by atoms with Crippen LogP contribution in [0.1, 0.15) is 54.1 Å². The summed E-state index contributed by atoms with van der Waals surface area (Å²) in [6.07, 6.45) is 10.2. The van der Waals surface area contributed by atoms with Gasteiger partial charge in [0.2, 0.25) is 0 Å². The lowest BCUT2D eigenvalue weighted by atomic mass is 9.97. The Kier molecular flexibility index (Phi) is 6.23. The van der Waals surface area contributed by atoms with Crippen LogP contribution in [-0.2, 0) is 0 Å². The summed E-state index contributed by atoms with van der Waals surface area (Å²) in [7, 11) is 0. The third kappa shape index (κ3) is 4.65. The van der Waals surface area contributed by atoms with Crippen LogP contribution in [0.3, 0.4) is 0 Å². The number of carbonyl (C=O) groups excluding carboxylic acids is 2. The highest BCUT2D eigenvalue weighted by Crippen LogP contribution is 2.25. The molecule has 0 spiro atoms. The summed E-state index contributed by atoms with van der Waals surface area (Å²) in [5.41, 5.74) is 7.89. The number of aldehydes is 2. The van der Waals surface area contributed by atoms with Gasteiger partial charge in [0.25, 0.3) is 0 Å². The number of aryl methyl sites for hydroxylation is 2. The van der Waals surface area contributed by atoms with Gasteiger partial charge in [-0.2, -0.15) is 0 Å². The van der Waals surface area contributed by atoms with Crippen LogP contribution >= 0.6 is 0 Å². The molecule has 0 atom stereocenters. The van der Waals surface area contributed by atoms with E-state index < -0.39 is 0 Å². The number of carbonyl (C=O) groups is 2. The Morgan fingerprint density at radius 1 is 0.500 bits per heavy atom. The highest BCUT2D eigenvalue weighted by molar-refractivity contribution is 5.92. The molecule has 4 aromatic rings. The zero-order valence-corrected chi connectivity index (χ0v) is 18.2. The largest absolute Gasteiger partial charge is 0.298 e. The monoisotopic (exact) mass is 416 g/mol. The van der Waals surface area contributed by atoms with Gasteiger partial charge < -0.3 is 0 Å². The van der Waals surface area contributed by atoms with Crippen molar-refractivity contribution in [3.8, 4) is 0 Å². The molecule has 0 aliphatic rings. The van der Waals surface area contributed by atoms with Crippen molar-refractivity contribution in [2.45, 2.75) is 13.8 Å². The van der Waals surface area contributed by atoms with Gasteiger partial charge in [-0.15, -0.1) is 0 Å². The molecule has 0 unspecified atom stereocenters. The van der Waals surface area contributed by atoms with E-state index in [0.717, 1.165) is 46.0 Å². The fourth-order valence-corrected chi connectivity index (χ4v) is 3.84. The molecule has 0 N–H and O–H groups in total. The fourth-order valence-electron chi connectivity index (χ4n) is 3.84. The van der Waals surface area contributed by atoms with E-state index in [0.29, 0.717) is 11.1 Å². The van der Waals surface area contributed by atoms with Crippen LogP contribution in [0.2, 0.25) is 0 Å². The van der Waals surface area contributed by atoms with Gasteiger partial charge in [-0.3, -0.25) is 9.59 Å². The van der Waals surface area contributed by atoms with Crippen molar-refractivity contribution in [3.63, 3.8) is 0 Å². The maximum absolute atomic E-state index is 11.0. The van der Waals surface area contributed by atoms with Gasteiger partial charge in [0, 0.05) is 11.1 Å². The summed E-state index contributed by atoms with van der Waals surface area (Å²) in [6.45, 7) is 4.03. The van der Waals surface area contributed by atoms with Crippen LogP contribution in [0.4, 0.5) is 0 Å². The predicted molar refractivity (Wildman–Crippen MR) is 135 cm³/mol. The molecule has 2 nitrogen and oxygen atoms in total. The van der Waals surface area contributed by atoms with E-state index in [4.69, 9.17) is 0 Å². The van der Waals surface area contributed by atoms with Crippen LogP contribution in [0.25, 0.3) is 35.1 Å². The Morgan fingerprint density at radius 2 is 0.906 bits per heavy atom. The SMILES string of the molecule is Cc1cc(C=O)ccc1/C=C\c1cc2ccccc2cc1/C=C\c1ccc(C=O)cc1C. The fraction of sp³-hybridized carbons (Fsp3) is 0.0667. The molecule has 2 heteroatoms. The standard InChI is InChI=1S/C30H24O2/c1-21-15-23(19-31)7-9-25(21)11-13-29-17-27-5-3-4-6-28(27)18-30(29)14-12-26-10-8-24(20-32)16-22(26)2/h3-20H,1-2H3/b13-11-,14-12-. The Bertz CT molecular complexity index is 1270. The first kappa shape index (κ1) is 21.2. The Morgan fingerprint density at radius 3 is 1.28 bits per heavy atom. The van der Waals surface area contributed by atoms with E-state index in [1.165, 1.54) is 10.8 Å². The third-order valence-corrected chi connectivity index (χ3v) is 5.70. The van der Waals surface area contributed by atoms with E-state index in [1.807, 2.05) is 62.4 Å². The molecule has 0 heterocycles. The summed E-state index contributed by atoms with van der Waals surface area (Å²) < 4.78 is 0. The summed E-state index contributed by atoms with van der Waals surface area (Å²) in [5, 5.41) is 2.37. The first-order valence-electron chi connectivity index (χ1n) is 10.6. The lowest BCUT2D eigenvalue weighted by Gasteiger charge is -2.07. The van der Waals surface area contributed by atoms with Crippen LogP contribution in [0.15, 0.2) is 72.8 Å². The van der Waals surface area contributed by atoms with Crippen molar-refractivity contribution in [2.24, 2.45) is 0 Å². The minimum atomic E-state index is 0.685. The minimum absolute atomic E-state index is 0.685. The quantitative estimate of drug-likeness (QED) is 0.242. The molecular weight excluding hydrogens is 392 g/mol. The molecule has 156 valence electrons. The number of rotatable bonds is 6. The number of benzene rings is 4. The van der Waals surface area contributed by atoms with Gasteiger partial charge >= 0.3 is 0 Å². The summed E-state index contributed by atoms with van der Waals surface area (Å²) in [6, 6.07) is 24.2.